The number of fused-ring (bicyclic) bond motifs is 2. The van der Waals surface area contributed by atoms with Crippen molar-refractivity contribution >= 4 is 12.0 Å². The molecule has 2 aliphatic rings. The summed E-state index contributed by atoms with van der Waals surface area (Å²) in [5.41, 5.74) is 1.00. The van der Waals surface area contributed by atoms with E-state index in [4.69, 9.17) is 9.47 Å². The van der Waals surface area contributed by atoms with Gasteiger partial charge in [0.1, 0.15) is 12.2 Å². The fourth-order valence-electron chi connectivity index (χ4n) is 3.94. The molecule has 0 aromatic carbocycles. The fourth-order valence-corrected chi connectivity index (χ4v) is 3.94. The van der Waals surface area contributed by atoms with Crippen molar-refractivity contribution in [3.8, 4) is 0 Å². The van der Waals surface area contributed by atoms with E-state index < -0.39 is 11.1 Å². The van der Waals surface area contributed by atoms with Crippen molar-refractivity contribution in [1.82, 2.24) is 19.8 Å². The second kappa shape index (κ2) is 6.90. The quantitative estimate of drug-likeness (QED) is 0.862. The Balaban J connectivity index is 1.81. The Morgan fingerprint density at radius 1 is 1.27 bits per heavy atom. The van der Waals surface area contributed by atoms with Crippen LogP contribution in [0.1, 0.15) is 45.0 Å². The predicted octanol–water partition coefficient (Wildman–Crippen LogP) is 1.67. The van der Waals surface area contributed by atoms with E-state index in [0.717, 1.165) is 17.8 Å². The van der Waals surface area contributed by atoms with E-state index in [1.807, 2.05) is 25.7 Å². The van der Waals surface area contributed by atoms with Gasteiger partial charge in [-0.2, -0.15) is 0 Å². The second-order valence-corrected chi connectivity index (χ2v) is 7.96. The number of aromatic amines is 1. The number of imidazole rings is 1. The van der Waals surface area contributed by atoms with Gasteiger partial charge in [0.25, 0.3) is 0 Å². The van der Waals surface area contributed by atoms with Crippen LogP contribution in [0.5, 0.6) is 0 Å². The summed E-state index contributed by atoms with van der Waals surface area (Å²) in [5, 5.41) is 0. The molecular formula is C18H28N4O4. The number of hydrogen-bond donors (Lipinski definition) is 1. The zero-order valence-electron chi connectivity index (χ0n) is 16.0. The molecule has 0 aliphatic carbocycles. The smallest absolute Gasteiger partial charge is 0.410 e. The van der Waals surface area contributed by atoms with Crippen molar-refractivity contribution in [2.75, 3.05) is 33.4 Å². The van der Waals surface area contributed by atoms with Gasteiger partial charge in [0.2, 0.25) is 5.91 Å². The summed E-state index contributed by atoms with van der Waals surface area (Å²) in [6.07, 6.45) is 3.42. The number of carbonyl (C=O) groups excluding carboxylic acids is 2. The van der Waals surface area contributed by atoms with Crippen molar-refractivity contribution in [3.05, 3.63) is 17.7 Å². The van der Waals surface area contributed by atoms with Crippen LogP contribution in [0.15, 0.2) is 6.33 Å². The van der Waals surface area contributed by atoms with Crippen LogP contribution >= 0.6 is 0 Å². The number of amides is 2. The van der Waals surface area contributed by atoms with Crippen LogP contribution in [0.25, 0.3) is 0 Å². The van der Waals surface area contributed by atoms with E-state index in [1.54, 1.807) is 11.2 Å². The number of rotatable bonds is 2. The molecule has 1 spiro atoms. The first-order chi connectivity index (χ1) is 12.3. The van der Waals surface area contributed by atoms with Crippen LogP contribution in [-0.2, 0) is 26.2 Å². The monoisotopic (exact) mass is 364 g/mol. The van der Waals surface area contributed by atoms with E-state index in [0.29, 0.717) is 32.5 Å². The summed E-state index contributed by atoms with van der Waals surface area (Å²) in [5.74, 6) is -0.0353. The lowest BCUT2D eigenvalue weighted by molar-refractivity contribution is -0.145. The van der Waals surface area contributed by atoms with Gasteiger partial charge in [0.05, 0.1) is 17.6 Å². The van der Waals surface area contributed by atoms with Gasteiger partial charge in [-0.25, -0.2) is 9.78 Å². The molecule has 3 heterocycles. The predicted molar refractivity (Wildman–Crippen MR) is 94.6 cm³/mol. The van der Waals surface area contributed by atoms with Crippen LogP contribution in [0.3, 0.4) is 0 Å². The summed E-state index contributed by atoms with van der Waals surface area (Å²) in [6.45, 7) is 7.31. The van der Waals surface area contributed by atoms with E-state index in [9.17, 15) is 9.59 Å². The Labute approximate surface area is 153 Å². The number of aromatic nitrogens is 2. The van der Waals surface area contributed by atoms with Crippen molar-refractivity contribution in [3.63, 3.8) is 0 Å². The van der Waals surface area contributed by atoms with Gasteiger partial charge in [-0.05, 0) is 33.6 Å². The molecule has 26 heavy (non-hydrogen) atoms. The molecule has 3 rings (SSSR count). The molecule has 0 bridgehead atoms. The minimum Gasteiger partial charge on any atom is -0.444 e. The largest absolute Gasteiger partial charge is 0.444 e. The lowest BCUT2D eigenvalue weighted by Crippen LogP contribution is -2.59. The summed E-state index contributed by atoms with van der Waals surface area (Å²) >= 11 is 0. The molecule has 0 saturated carbocycles. The SMILES string of the molecule is COCC(=O)N1CCc2[nH]cnc2C12CCN(C(=O)OC(C)(C)C)CC2. The second-order valence-electron chi connectivity index (χ2n) is 7.96. The van der Waals surface area contributed by atoms with Gasteiger partial charge in [-0.15, -0.1) is 0 Å². The minimum atomic E-state index is -0.521. The standard InChI is InChI=1S/C18H28N4O4/c1-17(2,3)26-16(24)21-9-6-18(7-10-21)15-13(19-12-20-15)5-8-22(18)14(23)11-25-4/h12H,5-11H2,1-4H3,(H,19,20). The molecular weight excluding hydrogens is 336 g/mol. The van der Waals surface area contributed by atoms with Crippen LogP contribution in [0.4, 0.5) is 4.79 Å². The number of H-pyrrole nitrogens is 1. The first-order valence-corrected chi connectivity index (χ1v) is 9.07. The van der Waals surface area contributed by atoms with E-state index in [1.165, 1.54) is 7.11 Å². The normalized spacial score (nSPS) is 19.4. The number of piperidine rings is 1. The van der Waals surface area contributed by atoms with Gasteiger partial charge in [-0.3, -0.25) is 4.79 Å². The molecule has 0 atom stereocenters. The van der Waals surface area contributed by atoms with Crippen molar-refractivity contribution < 1.29 is 19.1 Å². The van der Waals surface area contributed by atoms with Gasteiger partial charge in [0, 0.05) is 38.9 Å². The topological polar surface area (TPSA) is 87.8 Å². The third kappa shape index (κ3) is 3.42. The Kier molecular flexibility index (Phi) is 4.96. The maximum absolute atomic E-state index is 12.7. The Morgan fingerprint density at radius 3 is 2.58 bits per heavy atom. The molecule has 2 aliphatic heterocycles. The van der Waals surface area contributed by atoms with Gasteiger partial charge >= 0.3 is 6.09 Å². The van der Waals surface area contributed by atoms with Gasteiger partial charge in [-0.1, -0.05) is 0 Å². The molecule has 1 N–H and O–H groups in total. The highest BCUT2D eigenvalue weighted by atomic mass is 16.6. The molecule has 1 aromatic rings. The van der Waals surface area contributed by atoms with Crippen molar-refractivity contribution in [2.24, 2.45) is 0 Å². The highest BCUT2D eigenvalue weighted by Crippen LogP contribution is 2.42. The highest BCUT2D eigenvalue weighted by Gasteiger charge is 2.49. The number of methoxy groups -OCH3 is 1. The zero-order chi connectivity index (χ0) is 18.9. The molecule has 0 radical (unpaired) electrons. The van der Waals surface area contributed by atoms with Gasteiger partial charge < -0.3 is 24.3 Å². The molecule has 0 unspecified atom stereocenters. The molecule has 1 aromatic heterocycles. The van der Waals surface area contributed by atoms with Crippen molar-refractivity contribution in [1.29, 1.82) is 0 Å². The maximum atomic E-state index is 12.7. The number of carbonyl (C=O) groups is 2. The molecule has 1 fully saturated rings. The molecule has 144 valence electrons. The van der Waals surface area contributed by atoms with Gasteiger partial charge in [0.15, 0.2) is 0 Å². The summed E-state index contributed by atoms with van der Waals surface area (Å²) in [6, 6.07) is 0. The van der Waals surface area contributed by atoms with E-state index in [-0.39, 0.29) is 18.6 Å². The molecule has 1 saturated heterocycles. The third-order valence-corrected chi connectivity index (χ3v) is 5.07. The first-order valence-electron chi connectivity index (χ1n) is 9.07. The molecule has 2 amide bonds. The van der Waals surface area contributed by atoms with Crippen LogP contribution < -0.4 is 0 Å². The summed E-state index contributed by atoms with van der Waals surface area (Å²) in [7, 11) is 1.53. The van der Waals surface area contributed by atoms with Crippen LogP contribution in [-0.4, -0.2) is 70.7 Å². The number of likely N-dealkylation sites (tertiary alicyclic amines) is 1. The van der Waals surface area contributed by atoms with E-state index >= 15 is 0 Å². The molecule has 8 heteroatoms. The summed E-state index contributed by atoms with van der Waals surface area (Å²) in [4.78, 5) is 36.4. The van der Waals surface area contributed by atoms with Crippen molar-refractivity contribution in [2.45, 2.75) is 51.2 Å². The lowest BCUT2D eigenvalue weighted by Gasteiger charge is -2.50. The minimum absolute atomic E-state index is 0.0353. The average Bonchev–Trinajstić information content (AvgIpc) is 3.04. The Hall–Kier alpha value is -2.09. The average molecular weight is 364 g/mol. The number of hydrogen-bond acceptors (Lipinski definition) is 5. The first kappa shape index (κ1) is 18.7. The fraction of sp³-hybridized carbons (Fsp3) is 0.722. The van der Waals surface area contributed by atoms with Crippen LogP contribution in [0, 0.1) is 0 Å². The number of nitrogens with one attached hydrogen (secondary N) is 1. The number of ether oxygens (including phenoxy) is 2. The summed E-state index contributed by atoms with van der Waals surface area (Å²) < 4.78 is 10.6. The van der Waals surface area contributed by atoms with Crippen LogP contribution in [0.2, 0.25) is 0 Å². The zero-order valence-corrected chi connectivity index (χ0v) is 16.0. The Bertz CT molecular complexity index is 671. The van der Waals surface area contributed by atoms with E-state index in [2.05, 4.69) is 9.97 Å². The number of nitrogens with zero attached hydrogens (tertiary/aromatic N) is 3. The third-order valence-electron chi connectivity index (χ3n) is 5.07. The molecule has 8 nitrogen and oxygen atoms in total. The Morgan fingerprint density at radius 2 is 1.96 bits per heavy atom. The maximum Gasteiger partial charge on any atom is 0.410 e. The lowest BCUT2D eigenvalue weighted by atomic mass is 9.78. The highest BCUT2D eigenvalue weighted by molar-refractivity contribution is 5.79.